The molecule has 1 unspecified atom stereocenters. The van der Waals surface area contributed by atoms with Crippen LogP contribution in [0.3, 0.4) is 0 Å². The van der Waals surface area contributed by atoms with Crippen molar-refractivity contribution in [3.05, 3.63) is 30.0 Å². The number of carboxylic acid groups (broad SMARTS) is 1. The molecule has 26 heavy (non-hydrogen) atoms. The highest BCUT2D eigenvalue weighted by Crippen LogP contribution is 2.33. The summed E-state index contributed by atoms with van der Waals surface area (Å²) in [6.45, 7) is -0.636. The van der Waals surface area contributed by atoms with Crippen LogP contribution in [0.15, 0.2) is 24.3 Å². The summed E-state index contributed by atoms with van der Waals surface area (Å²) < 4.78 is 10.8. The Balaban J connectivity index is 2.02. The van der Waals surface area contributed by atoms with Crippen LogP contribution in [0.5, 0.6) is 11.5 Å². The number of hydrogen-bond donors (Lipinski definition) is 6. The van der Waals surface area contributed by atoms with Crippen LogP contribution in [-0.2, 0) is 4.74 Å². The van der Waals surface area contributed by atoms with Crippen LogP contribution in [0, 0.1) is 0 Å². The monoisotopic (exact) mass is 367 g/mol. The van der Waals surface area contributed by atoms with Gasteiger partial charge < -0.3 is 40.1 Å². The molecule has 0 amide bonds. The lowest BCUT2D eigenvalue weighted by atomic mass is 9.99. The normalized spacial score (nSPS) is 28.8. The molecule has 140 valence electrons. The second-order valence-corrected chi connectivity index (χ2v) is 5.80. The van der Waals surface area contributed by atoms with Crippen molar-refractivity contribution in [3.63, 3.8) is 0 Å². The summed E-state index contributed by atoms with van der Waals surface area (Å²) >= 11 is 0. The van der Waals surface area contributed by atoms with Crippen molar-refractivity contribution < 1.29 is 44.9 Å². The molecule has 0 bridgehead atoms. The van der Waals surface area contributed by atoms with Crippen molar-refractivity contribution in [2.45, 2.75) is 30.7 Å². The Bertz CT molecular complexity index is 825. The number of aliphatic hydroxyl groups is 4. The van der Waals surface area contributed by atoms with Gasteiger partial charge in [0.1, 0.15) is 41.4 Å². The van der Waals surface area contributed by atoms with Gasteiger partial charge in [-0.15, -0.1) is 0 Å². The minimum Gasteiger partial charge on any atom is -0.506 e. The predicted molar refractivity (Wildman–Crippen MR) is 84.8 cm³/mol. The number of phenolic OH excluding ortho intramolecular Hbond substituents is 1. The van der Waals surface area contributed by atoms with Crippen molar-refractivity contribution in [1.82, 2.24) is 4.98 Å². The van der Waals surface area contributed by atoms with Gasteiger partial charge in [-0.25, -0.2) is 9.78 Å². The minimum absolute atomic E-state index is 0.0352. The van der Waals surface area contributed by atoms with Crippen LogP contribution in [-0.4, -0.2) is 78.9 Å². The van der Waals surface area contributed by atoms with Crippen LogP contribution in [0.2, 0.25) is 0 Å². The summed E-state index contributed by atoms with van der Waals surface area (Å²) in [7, 11) is 0. The number of nitrogens with zero attached hydrogens (tertiary/aromatic N) is 1. The fourth-order valence-corrected chi connectivity index (χ4v) is 2.70. The Labute approximate surface area is 146 Å². The van der Waals surface area contributed by atoms with Gasteiger partial charge in [-0.2, -0.15) is 0 Å². The number of aromatic hydroxyl groups is 1. The third-order valence-electron chi connectivity index (χ3n) is 4.09. The lowest BCUT2D eigenvalue weighted by molar-refractivity contribution is -0.277. The first-order chi connectivity index (χ1) is 12.3. The van der Waals surface area contributed by atoms with E-state index < -0.39 is 49.0 Å². The maximum absolute atomic E-state index is 11.3. The number of para-hydroxylation sites is 1. The summed E-state index contributed by atoms with van der Waals surface area (Å²) in [5.41, 5.74) is -0.453. The Hall–Kier alpha value is -2.50. The average Bonchev–Trinajstić information content (AvgIpc) is 2.62. The highest BCUT2D eigenvalue weighted by molar-refractivity contribution is 5.95. The molecular formula is C16H17NO9. The SMILES string of the molecule is O=C(O)c1cc(OC2O[C@H](CO)[C@@H](O)[C@H](O)[C@H]2O)c2cccc(O)c2n1. The van der Waals surface area contributed by atoms with E-state index in [2.05, 4.69) is 4.98 Å². The predicted octanol–water partition coefficient (Wildman–Crippen LogP) is -1.18. The largest absolute Gasteiger partial charge is 0.506 e. The first-order valence-electron chi connectivity index (χ1n) is 7.66. The van der Waals surface area contributed by atoms with E-state index in [0.717, 1.165) is 6.07 Å². The van der Waals surface area contributed by atoms with Gasteiger partial charge in [0.2, 0.25) is 6.29 Å². The molecule has 6 N–H and O–H groups in total. The zero-order valence-electron chi connectivity index (χ0n) is 13.3. The van der Waals surface area contributed by atoms with Gasteiger partial charge >= 0.3 is 5.97 Å². The average molecular weight is 367 g/mol. The number of pyridine rings is 1. The minimum atomic E-state index is -1.67. The van der Waals surface area contributed by atoms with Crippen molar-refractivity contribution >= 4 is 16.9 Å². The Morgan fingerprint density at radius 3 is 2.58 bits per heavy atom. The lowest BCUT2D eigenvalue weighted by Gasteiger charge is -2.39. The number of hydrogen-bond acceptors (Lipinski definition) is 9. The summed E-state index contributed by atoms with van der Waals surface area (Å²) in [6, 6.07) is 5.39. The summed E-state index contributed by atoms with van der Waals surface area (Å²) in [6.07, 6.45) is -7.55. The van der Waals surface area contributed by atoms with Crippen LogP contribution in [0.1, 0.15) is 10.5 Å². The molecule has 10 nitrogen and oxygen atoms in total. The number of aromatic carboxylic acids is 1. The highest BCUT2D eigenvalue weighted by atomic mass is 16.7. The molecule has 0 spiro atoms. The van der Waals surface area contributed by atoms with E-state index >= 15 is 0 Å². The van der Waals surface area contributed by atoms with Gasteiger partial charge in [0.05, 0.1) is 6.61 Å². The van der Waals surface area contributed by atoms with Gasteiger partial charge in [-0.3, -0.25) is 0 Å². The molecule has 2 aromatic rings. The van der Waals surface area contributed by atoms with Crippen LogP contribution in [0.25, 0.3) is 10.9 Å². The standard InChI is InChI=1S/C16H17NO9/c18-5-10-12(20)13(21)14(22)16(26-10)25-9-4-7(15(23)24)17-11-6(9)2-1-3-8(11)19/h1-4,10,12-14,16,18-22H,5H2,(H,23,24)/t10-,12-,13+,14-,16?/m1/s1. The van der Waals surface area contributed by atoms with Crippen LogP contribution >= 0.6 is 0 Å². The smallest absolute Gasteiger partial charge is 0.354 e. The third-order valence-corrected chi connectivity index (χ3v) is 4.09. The number of rotatable bonds is 4. The van der Waals surface area contributed by atoms with Crippen molar-refractivity contribution in [3.8, 4) is 11.5 Å². The van der Waals surface area contributed by atoms with E-state index in [1.807, 2.05) is 0 Å². The number of carboxylic acids is 1. The molecule has 10 heteroatoms. The molecule has 1 aromatic heterocycles. The lowest BCUT2D eigenvalue weighted by Crippen LogP contribution is -2.60. The zero-order chi connectivity index (χ0) is 19.0. The molecule has 0 radical (unpaired) electrons. The first-order valence-corrected chi connectivity index (χ1v) is 7.66. The Morgan fingerprint density at radius 2 is 1.92 bits per heavy atom. The topological polar surface area (TPSA) is 170 Å². The highest BCUT2D eigenvalue weighted by Gasteiger charge is 2.44. The maximum Gasteiger partial charge on any atom is 0.354 e. The maximum atomic E-state index is 11.3. The van der Waals surface area contributed by atoms with E-state index in [1.54, 1.807) is 0 Å². The molecule has 1 fully saturated rings. The molecular weight excluding hydrogens is 350 g/mol. The van der Waals surface area contributed by atoms with Crippen molar-refractivity contribution in [1.29, 1.82) is 0 Å². The molecule has 1 aromatic carbocycles. The third kappa shape index (κ3) is 3.16. The molecule has 3 rings (SSSR count). The van der Waals surface area contributed by atoms with Crippen LogP contribution in [0.4, 0.5) is 0 Å². The van der Waals surface area contributed by atoms with E-state index in [0.29, 0.717) is 0 Å². The second-order valence-electron chi connectivity index (χ2n) is 5.80. The molecule has 5 atom stereocenters. The van der Waals surface area contributed by atoms with Gasteiger partial charge in [0.25, 0.3) is 0 Å². The molecule has 1 aliphatic heterocycles. The van der Waals surface area contributed by atoms with Gasteiger partial charge in [0, 0.05) is 11.5 Å². The Morgan fingerprint density at radius 1 is 1.19 bits per heavy atom. The van der Waals surface area contributed by atoms with Crippen molar-refractivity contribution in [2.24, 2.45) is 0 Å². The molecule has 1 aliphatic rings. The summed E-state index contributed by atoms with van der Waals surface area (Å²) in [5, 5.41) is 58.3. The summed E-state index contributed by atoms with van der Waals surface area (Å²) in [5.74, 6) is -1.72. The molecule has 2 heterocycles. The van der Waals surface area contributed by atoms with E-state index in [9.17, 15) is 35.4 Å². The Kier molecular flexibility index (Phi) is 4.94. The quantitative estimate of drug-likeness (QED) is 0.386. The first kappa shape index (κ1) is 18.3. The van der Waals surface area contributed by atoms with Gasteiger partial charge in [-0.05, 0) is 12.1 Å². The second kappa shape index (κ2) is 7.02. The van der Waals surface area contributed by atoms with E-state index in [-0.39, 0.29) is 22.4 Å². The van der Waals surface area contributed by atoms with E-state index in [1.165, 1.54) is 18.2 Å². The van der Waals surface area contributed by atoms with Crippen molar-refractivity contribution in [2.75, 3.05) is 6.61 Å². The number of aromatic nitrogens is 1. The van der Waals surface area contributed by atoms with Gasteiger partial charge in [0.15, 0.2) is 5.69 Å². The number of aliphatic hydroxyl groups excluding tert-OH is 4. The number of ether oxygens (including phenoxy) is 2. The molecule has 1 saturated heterocycles. The number of fused-ring (bicyclic) bond motifs is 1. The van der Waals surface area contributed by atoms with Gasteiger partial charge in [-0.1, -0.05) is 6.07 Å². The molecule has 0 aliphatic carbocycles. The number of benzene rings is 1. The number of carbonyl (C=O) groups is 1. The molecule has 0 saturated carbocycles. The number of phenols is 1. The zero-order valence-corrected chi connectivity index (χ0v) is 13.3. The fraction of sp³-hybridized carbons (Fsp3) is 0.375. The van der Waals surface area contributed by atoms with Crippen LogP contribution < -0.4 is 4.74 Å². The fourth-order valence-electron chi connectivity index (χ4n) is 2.70. The van der Waals surface area contributed by atoms with E-state index in [4.69, 9.17) is 9.47 Å². The summed E-state index contributed by atoms with van der Waals surface area (Å²) in [4.78, 5) is 15.1.